The number of carboxylic acids is 1. The highest BCUT2D eigenvalue weighted by Crippen LogP contribution is 2.34. The Bertz CT molecular complexity index is 1810. The Morgan fingerprint density at radius 3 is 2.44 bits per heavy atom. The third-order valence-electron chi connectivity index (χ3n) is 6.12. The van der Waals surface area contributed by atoms with Crippen molar-refractivity contribution in [3.8, 4) is 0 Å². The van der Waals surface area contributed by atoms with Crippen LogP contribution in [0.1, 0.15) is 21.5 Å². The highest BCUT2D eigenvalue weighted by Gasteiger charge is 2.22. The van der Waals surface area contributed by atoms with E-state index in [1.807, 2.05) is 24.4 Å². The van der Waals surface area contributed by atoms with Gasteiger partial charge in [0.15, 0.2) is 0 Å². The van der Waals surface area contributed by atoms with Crippen LogP contribution in [0.2, 0.25) is 10.0 Å². The first kappa shape index (κ1) is 30.2. The van der Waals surface area contributed by atoms with Crippen LogP contribution in [0.15, 0.2) is 82.4 Å². The number of carbonyl (C=O) groups excluding carboxylic acids is 2. The number of hydrogen-bond donors (Lipinski definition) is 4. The van der Waals surface area contributed by atoms with Crippen LogP contribution in [0.5, 0.6) is 0 Å². The summed E-state index contributed by atoms with van der Waals surface area (Å²) in [4.78, 5) is 52.0. The lowest BCUT2D eigenvalue weighted by Crippen LogP contribution is -2.44. The van der Waals surface area contributed by atoms with Crippen LogP contribution in [0.25, 0.3) is 10.3 Å². The summed E-state index contributed by atoms with van der Waals surface area (Å²) in [7, 11) is 0. The SMILES string of the molecule is Cc1csc2nc(Sc3ccccc3NC(=O)N[C@@H](Cc3ccc(NC(=O)c4c(Cl)cncc4Cl)cc3)C(=O)O)cnc12. The largest absolute Gasteiger partial charge is 0.480 e. The molecule has 0 aliphatic heterocycles. The van der Waals surface area contributed by atoms with E-state index >= 15 is 0 Å². The molecular weight excluding hydrogens is 631 g/mol. The van der Waals surface area contributed by atoms with Gasteiger partial charge >= 0.3 is 12.0 Å². The zero-order valence-corrected chi connectivity index (χ0v) is 25.4. The van der Waals surface area contributed by atoms with Gasteiger partial charge in [-0.25, -0.2) is 14.6 Å². The summed E-state index contributed by atoms with van der Waals surface area (Å²) in [5.74, 6) is -1.72. The lowest BCUT2D eigenvalue weighted by atomic mass is 10.1. The fraction of sp³-hybridized carbons (Fsp3) is 0.103. The number of pyridine rings is 1. The van der Waals surface area contributed by atoms with Crippen LogP contribution in [0, 0.1) is 6.92 Å². The monoisotopic (exact) mass is 652 g/mol. The first-order valence-electron chi connectivity index (χ1n) is 12.7. The molecule has 1 atom stereocenters. The number of fused-ring (bicyclic) bond motifs is 1. The molecular formula is C29H22Cl2N6O4S2. The molecule has 0 unspecified atom stereocenters. The molecule has 10 nitrogen and oxygen atoms in total. The highest BCUT2D eigenvalue weighted by molar-refractivity contribution is 7.99. The van der Waals surface area contributed by atoms with Crippen molar-refractivity contribution in [2.24, 2.45) is 0 Å². The average Bonchev–Trinajstić information content (AvgIpc) is 3.34. The van der Waals surface area contributed by atoms with Crippen LogP contribution in [0.4, 0.5) is 16.2 Å². The van der Waals surface area contributed by atoms with Crippen LogP contribution in [-0.4, -0.2) is 44.0 Å². The van der Waals surface area contributed by atoms with Gasteiger partial charge in [-0.1, -0.05) is 59.2 Å². The summed E-state index contributed by atoms with van der Waals surface area (Å²) in [6, 6.07) is 11.8. The van der Waals surface area contributed by atoms with E-state index in [9.17, 15) is 19.5 Å². The second kappa shape index (κ2) is 13.4. The molecule has 3 amide bonds. The number of hydrogen-bond acceptors (Lipinski definition) is 8. The maximum Gasteiger partial charge on any atom is 0.326 e. The van der Waals surface area contributed by atoms with Crippen molar-refractivity contribution in [1.29, 1.82) is 0 Å². The number of carbonyl (C=O) groups is 3. The topological polar surface area (TPSA) is 146 Å². The van der Waals surface area contributed by atoms with Gasteiger partial charge < -0.3 is 21.1 Å². The molecule has 0 aliphatic carbocycles. The third kappa shape index (κ3) is 7.41. The number of halogens is 2. The van der Waals surface area contributed by atoms with Crippen molar-refractivity contribution < 1.29 is 19.5 Å². The number of urea groups is 1. The van der Waals surface area contributed by atoms with Crippen molar-refractivity contribution in [3.63, 3.8) is 0 Å². The summed E-state index contributed by atoms with van der Waals surface area (Å²) in [6.07, 6.45) is 4.33. The minimum atomic E-state index is -1.22. The minimum Gasteiger partial charge on any atom is -0.480 e. The van der Waals surface area contributed by atoms with E-state index in [1.54, 1.807) is 42.6 Å². The second-order valence-corrected chi connectivity index (χ2v) is 11.9. The number of nitrogens with zero attached hydrogens (tertiary/aromatic N) is 3. The van der Waals surface area contributed by atoms with E-state index in [2.05, 4.69) is 30.9 Å². The number of aromatic nitrogens is 3. The van der Waals surface area contributed by atoms with Gasteiger partial charge in [0.2, 0.25) is 0 Å². The van der Waals surface area contributed by atoms with E-state index in [0.29, 0.717) is 22.0 Å². The number of carboxylic acid groups (broad SMARTS) is 1. The highest BCUT2D eigenvalue weighted by atomic mass is 35.5. The van der Waals surface area contributed by atoms with E-state index in [1.165, 1.54) is 35.5 Å². The lowest BCUT2D eigenvalue weighted by Gasteiger charge is -2.17. The smallest absolute Gasteiger partial charge is 0.326 e. The Labute approximate surface area is 263 Å². The molecule has 0 fully saturated rings. The fourth-order valence-electron chi connectivity index (χ4n) is 4.03. The number of benzene rings is 2. The molecule has 5 rings (SSSR count). The van der Waals surface area contributed by atoms with E-state index in [-0.39, 0.29) is 22.0 Å². The molecule has 2 aromatic carbocycles. The maximum atomic E-state index is 12.9. The zero-order valence-electron chi connectivity index (χ0n) is 22.3. The summed E-state index contributed by atoms with van der Waals surface area (Å²) < 4.78 is 0. The standard InChI is InChI=1S/C29H22Cl2N6O4S2/c1-15-14-42-27-25(15)33-13-23(37-27)43-22-5-3-2-4-20(22)35-29(41)36-21(28(39)40)10-16-6-8-17(9-7-16)34-26(38)24-18(30)11-32-12-19(24)31/h2-9,11-14,21H,10H2,1H3,(H,34,38)(H,39,40)(H2,35,36,41)/t21-/m0/s1. The Kier molecular flexibility index (Phi) is 9.41. The van der Waals surface area contributed by atoms with E-state index < -0.39 is 23.9 Å². The molecule has 4 N–H and O–H groups in total. The summed E-state index contributed by atoms with van der Waals surface area (Å²) >= 11 is 15.0. The molecule has 0 aliphatic rings. The van der Waals surface area contributed by atoms with Crippen molar-refractivity contribution in [2.75, 3.05) is 10.6 Å². The third-order valence-corrected chi connectivity index (χ3v) is 8.66. The molecule has 5 aromatic rings. The second-order valence-electron chi connectivity index (χ2n) is 9.20. The quantitative estimate of drug-likeness (QED) is 0.134. The van der Waals surface area contributed by atoms with Crippen molar-refractivity contribution in [3.05, 3.63) is 99.2 Å². The number of thiophene rings is 1. The van der Waals surface area contributed by atoms with E-state index in [0.717, 1.165) is 20.8 Å². The zero-order chi connectivity index (χ0) is 30.5. The van der Waals surface area contributed by atoms with Gasteiger partial charge in [0, 0.05) is 29.4 Å². The molecule has 43 heavy (non-hydrogen) atoms. The van der Waals surface area contributed by atoms with Crippen LogP contribution in [0.3, 0.4) is 0 Å². The summed E-state index contributed by atoms with van der Waals surface area (Å²) in [6.45, 7) is 1.98. The van der Waals surface area contributed by atoms with E-state index in [4.69, 9.17) is 23.2 Å². The van der Waals surface area contributed by atoms with Gasteiger partial charge in [0.25, 0.3) is 5.91 Å². The first-order chi connectivity index (χ1) is 20.7. The number of rotatable bonds is 9. The fourth-order valence-corrected chi connectivity index (χ4v) is 6.34. The maximum absolute atomic E-state index is 12.9. The molecule has 3 heterocycles. The Balaban J connectivity index is 1.21. The normalized spacial score (nSPS) is 11.6. The molecule has 218 valence electrons. The molecule has 14 heteroatoms. The Morgan fingerprint density at radius 1 is 1.00 bits per heavy atom. The van der Waals surface area contributed by atoms with Crippen molar-refractivity contribution in [1.82, 2.24) is 20.3 Å². The van der Waals surface area contributed by atoms with Gasteiger partial charge in [-0.3, -0.25) is 14.8 Å². The van der Waals surface area contributed by atoms with Gasteiger partial charge in [0.05, 0.1) is 27.5 Å². The average molecular weight is 654 g/mol. The van der Waals surface area contributed by atoms with Gasteiger partial charge in [-0.15, -0.1) is 11.3 Å². The number of aryl methyl sites for hydroxylation is 1. The number of amides is 3. The molecule has 0 radical (unpaired) electrons. The van der Waals surface area contributed by atoms with Crippen LogP contribution < -0.4 is 16.0 Å². The Morgan fingerprint density at radius 2 is 1.72 bits per heavy atom. The molecule has 0 bridgehead atoms. The Hall–Kier alpha value is -4.23. The van der Waals surface area contributed by atoms with Crippen molar-refractivity contribution >= 4 is 85.9 Å². The number of aliphatic carboxylic acids is 1. The summed E-state index contributed by atoms with van der Waals surface area (Å²) in [5.41, 5.74) is 3.58. The summed E-state index contributed by atoms with van der Waals surface area (Å²) in [5, 5.41) is 20.6. The number of anilines is 2. The van der Waals surface area contributed by atoms with Crippen LogP contribution in [-0.2, 0) is 11.2 Å². The first-order valence-corrected chi connectivity index (χ1v) is 15.1. The minimum absolute atomic E-state index is 0.00518. The number of para-hydroxylation sites is 1. The predicted octanol–water partition coefficient (Wildman–Crippen LogP) is 6.92. The molecule has 0 saturated carbocycles. The van der Waals surface area contributed by atoms with Gasteiger partial charge in [0.1, 0.15) is 21.4 Å². The number of nitrogens with one attached hydrogen (secondary N) is 3. The van der Waals surface area contributed by atoms with Crippen molar-refractivity contribution in [2.45, 2.75) is 29.3 Å². The van der Waals surface area contributed by atoms with Crippen LogP contribution >= 0.6 is 46.3 Å². The van der Waals surface area contributed by atoms with Gasteiger partial charge in [-0.05, 0) is 47.7 Å². The molecule has 3 aromatic heterocycles. The van der Waals surface area contributed by atoms with Gasteiger partial charge in [-0.2, -0.15) is 0 Å². The molecule has 0 spiro atoms. The molecule has 0 saturated heterocycles. The predicted molar refractivity (Wildman–Crippen MR) is 169 cm³/mol. The lowest BCUT2D eigenvalue weighted by molar-refractivity contribution is -0.139.